The van der Waals surface area contributed by atoms with Gasteiger partial charge in [0.2, 0.25) is 5.91 Å². The Labute approximate surface area is 231 Å². The molecule has 0 radical (unpaired) electrons. The third kappa shape index (κ3) is 4.82. The molecule has 2 fully saturated rings. The van der Waals surface area contributed by atoms with Crippen molar-refractivity contribution in [2.24, 2.45) is 17.8 Å². The molecule has 8 nitrogen and oxygen atoms in total. The average molecular weight is 551 g/mol. The van der Waals surface area contributed by atoms with E-state index >= 15 is 0 Å². The standard InChI is InChI=1S/C28H28Cl2N6O2/c1-17-13-36(14-18(2)28(17,38)19-3-5-20(29)6-4-19)27(37)24-16-35(26-10-8-22(11-31)33-34-26)15-23(24)25-9-7-21(30)12-32-25/h3-10,12,17-18,23-24,38H,13-16H2,1-2H3/t17-,18+,23-,24-,28+/m1/s1. The number of carbonyl (C=O) groups is 1. The summed E-state index contributed by atoms with van der Waals surface area (Å²) in [4.78, 5) is 22.5. The maximum absolute atomic E-state index is 14.1. The van der Waals surface area contributed by atoms with Gasteiger partial charge in [-0.15, -0.1) is 10.2 Å². The Morgan fingerprint density at radius 3 is 2.24 bits per heavy atom. The molecule has 2 aliphatic rings. The minimum Gasteiger partial charge on any atom is -0.384 e. The quantitative estimate of drug-likeness (QED) is 0.516. The summed E-state index contributed by atoms with van der Waals surface area (Å²) in [5, 5.41) is 30.2. The fraction of sp³-hybridized carbons (Fsp3) is 0.393. The highest BCUT2D eigenvalue weighted by atomic mass is 35.5. The van der Waals surface area contributed by atoms with E-state index in [0.29, 0.717) is 42.0 Å². The molecule has 2 aliphatic heterocycles. The topological polar surface area (TPSA) is 106 Å². The van der Waals surface area contributed by atoms with E-state index in [1.54, 1.807) is 36.5 Å². The second kappa shape index (κ2) is 10.5. The normalized spacial score (nSPS) is 27.3. The number of hydrogen-bond donors (Lipinski definition) is 1. The molecule has 1 N–H and O–H groups in total. The monoisotopic (exact) mass is 550 g/mol. The molecule has 4 heterocycles. The first kappa shape index (κ1) is 26.4. The summed E-state index contributed by atoms with van der Waals surface area (Å²) in [6.07, 6.45) is 1.60. The number of likely N-dealkylation sites (tertiary alicyclic amines) is 1. The number of benzene rings is 1. The van der Waals surface area contributed by atoms with Crippen LogP contribution in [0.1, 0.15) is 36.7 Å². The molecule has 5 rings (SSSR count). The van der Waals surface area contributed by atoms with Crippen molar-refractivity contribution in [2.45, 2.75) is 25.4 Å². The van der Waals surface area contributed by atoms with Gasteiger partial charge in [-0.1, -0.05) is 49.2 Å². The predicted molar refractivity (Wildman–Crippen MR) is 145 cm³/mol. The third-order valence-electron chi connectivity index (χ3n) is 7.97. The molecule has 10 heteroatoms. The molecule has 1 aromatic carbocycles. The molecular weight excluding hydrogens is 523 g/mol. The Balaban J connectivity index is 1.40. The van der Waals surface area contributed by atoms with Crippen LogP contribution in [0.2, 0.25) is 10.0 Å². The van der Waals surface area contributed by atoms with Crippen molar-refractivity contribution < 1.29 is 9.90 Å². The lowest BCUT2D eigenvalue weighted by molar-refractivity contribution is -0.152. The molecular formula is C28H28Cl2N6O2. The maximum atomic E-state index is 14.1. The number of rotatable bonds is 4. The number of pyridine rings is 1. The number of carbonyl (C=O) groups excluding carboxylic acids is 1. The number of halogens is 2. The van der Waals surface area contributed by atoms with Gasteiger partial charge < -0.3 is 14.9 Å². The van der Waals surface area contributed by atoms with Crippen LogP contribution in [0.3, 0.4) is 0 Å². The number of amides is 1. The Hall–Kier alpha value is -3.25. The zero-order chi connectivity index (χ0) is 27.0. The molecule has 5 atom stereocenters. The van der Waals surface area contributed by atoms with Crippen molar-refractivity contribution in [1.29, 1.82) is 5.26 Å². The lowest BCUT2D eigenvalue weighted by Gasteiger charge is -2.48. The lowest BCUT2D eigenvalue weighted by Crippen LogP contribution is -2.57. The van der Waals surface area contributed by atoms with Crippen molar-refractivity contribution >= 4 is 34.9 Å². The van der Waals surface area contributed by atoms with Crippen LogP contribution in [0.15, 0.2) is 54.7 Å². The zero-order valence-corrected chi connectivity index (χ0v) is 22.6. The largest absolute Gasteiger partial charge is 0.384 e. The van der Waals surface area contributed by atoms with E-state index in [2.05, 4.69) is 15.2 Å². The van der Waals surface area contributed by atoms with Crippen LogP contribution in [-0.2, 0) is 10.4 Å². The summed E-state index contributed by atoms with van der Waals surface area (Å²) in [7, 11) is 0. The SMILES string of the molecule is C[C@@H]1CN(C(=O)[C@@H]2CN(c3ccc(C#N)nn3)C[C@H]2c2ccc(Cl)cn2)C[C@H](C)[C@]1(O)c1ccc(Cl)cc1. The number of nitriles is 1. The van der Waals surface area contributed by atoms with E-state index in [1.807, 2.05) is 47.9 Å². The van der Waals surface area contributed by atoms with Crippen molar-refractivity contribution in [3.8, 4) is 6.07 Å². The minimum absolute atomic E-state index is 0.0210. The maximum Gasteiger partial charge on any atom is 0.228 e. The highest BCUT2D eigenvalue weighted by molar-refractivity contribution is 6.30. The van der Waals surface area contributed by atoms with Crippen LogP contribution in [0, 0.1) is 29.1 Å². The van der Waals surface area contributed by atoms with Gasteiger partial charge in [0.15, 0.2) is 11.5 Å². The average Bonchev–Trinajstić information content (AvgIpc) is 3.37. The molecule has 0 bridgehead atoms. The van der Waals surface area contributed by atoms with Gasteiger partial charge in [0.25, 0.3) is 0 Å². The summed E-state index contributed by atoms with van der Waals surface area (Å²) in [6, 6.07) is 16.3. The first-order chi connectivity index (χ1) is 18.2. The first-order valence-corrected chi connectivity index (χ1v) is 13.3. The number of aliphatic hydroxyl groups is 1. The summed E-state index contributed by atoms with van der Waals surface area (Å²) in [5.74, 6) is -0.304. The number of nitrogens with zero attached hydrogens (tertiary/aromatic N) is 6. The number of aromatic nitrogens is 3. The number of anilines is 1. The smallest absolute Gasteiger partial charge is 0.228 e. The summed E-state index contributed by atoms with van der Waals surface area (Å²) >= 11 is 12.2. The van der Waals surface area contributed by atoms with Crippen LogP contribution in [0.4, 0.5) is 5.82 Å². The second-order valence-electron chi connectivity index (χ2n) is 10.3. The van der Waals surface area contributed by atoms with Crippen LogP contribution >= 0.6 is 23.2 Å². The van der Waals surface area contributed by atoms with Gasteiger partial charge in [0.1, 0.15) is 6.07 Å². The molecule has 2 saturated heterocycles. The molecule has 3 aromatic rings. The third-order valence-corrected chi connectivity index (χ3v) is 8.44. The molecule has 2 aromatic heterocycles. The lowest BCUT2D eigenvalue weighted by atomic mass is 9.70. The fourth-order valence-electron chi connectivity index (χ4n) is 5.90. The zero-order valence-electron chi connectivity index (χ0n) is 21.1. The Morgan fingerprint density at radius 2 is 1.66 bits per heavy atom. The summed E-state index contributed by atoms with van der Waals surface area (Å²) < 4.78 is 0. The highest BCUT2D eigenvalue weighted by Crippen LogP contribution is 2.43. The van der Waals surface area contributed by atoms with E-state index in [0.717, 1.165) is 11.3 Å². The van der Waals surface area contributed by atoms with E-state index in [-0.39, 0.29) is 35.3 Å². The summed E-state index contributed by atoms with van der Waals surface area (Å²) in [5.41, 5.74) is 0.760. The molecule has 1 amide bonds. The van der Waals surface area contributed by atoms with E-state index in [9.17, 15) is 9.90 Å². The molecule has 0 spiro atoms. The number of piperidine rings is 1. The van der Waals surface area contributed by atoms with E-state index in [4.69, 9.17) is 28.5 Å². The van der Waals surface area contributed by atoms with Crippen molar-refractivity contribution in [1.82, 2.24) is 20.1 Å². The first-order valence-electron chi connectivity index (χ1n) is 12.6. The van der Waals surface area contributed by atoms with E-state index < -0.39 is 5.60 Å². The van der Waals surface area contributed by atoms with Gasteiger partial charge in [-0.3, -0.25) is 9.78 Å². The highest BCUT2D eigenvalue weighted by Gasteiger charge is 2.49. The molecule has 0 saturated carbocycles. The summed E-state index contributed by atoms with van der Waals surface area (Å²) in [6.45, 7) is 5.78. The molecule has 196 valence electrons. The van der Waals surface area contributed by atoms with Gasteiger partial charge in [-0.2, -0.15) is 5.26 Å². The Bertz CT molecular complexity index is 1330. The van der Waals surface area contributed by atoms with Crippen LogP contribution < -0.4 is 4.90 Å². The second-order valence-corrected chi connectivity index (χ2v) is 11.2. The van der Waals surface area contributed by atoms with Crippen LogP contribution in [0.5, 0.6) is 0 Å². The predicted octanol–water partition coefficient (Wildman–Crippen LogP) is 4.27. The van der Waals surface area contributed by atoms with Gasteiger partial charge in [0.05, 0.1) is 16.5 Å². The Morgan fingerprint density at radius 1 is 0.974 bits per heavy atom. The van der Waals surface area contributed by atoms with Gasteiger partial charge in [0, 0.05) is 60.8 Å². The van der Waals surface area contributed by atoms with Crippen LogP contribution in [0.25, 0.3) is 0 Å². The van der Waals surface area contributed by atoms with Gasteiger partial charge in [-0.05, 0) is 42.0 Å². The van der Waals surface area contributed by atoms with Gasteiger partial charge >= 0.3 is 0 Å². The fourth-order valence-corrected chi connectivity index (χ4v) is 6.14. The van der Waals surface area contributed by atoms with Crippen molar-refractivity contribution in [3.05, 3.63) is 81.7 Å². The number of hydrogen-bond acceptors (Lipinski definition) is 7. The van der Waals surface area contributed by atoms with Crippen molar-refractivity contribution in [2.75, 3.05) is 31.1 Å². The Kier molecular flexibility index (Phi) is 7.28. The minimum atomic E-state index is -1.07. The van der Waals surface area contributed by atoms with Crippen molar-refractivity contribution in [3.63, 3.8) is 0 Å². The molecule has 0 unspecified atom stereocenters. The van der Waals surface area contributed by atoms with Crippen LogP contribution in [-0.4, -0.2) is 57.3 Å². The van der Waals surface area contributed by atoms with Gasteiger partial charge in [-0.25, -0.2) is 0 Å². The molecule has 38 heavy (non-hydrogen) atoms. The van der Waals surface area contributed by atoms with E-state index in [1.165, 1.54) is 0 Å². The molecule has 0 aliphatic carbocycles.